The van der Waals surface area contributed by atoms with Crippen LogP contribution in [0.15, 0.2) is 23.1 Å². The van der Waals surface area contributed by atoms with Gasteiger partial charge in [-0.2, -0.15) is 5.26 Å². The summed E-state index contributed by atoms with van der Waals surface area (Å²) in [5.74, 6) is 1.32. The molecule has 108 valence electrons. The topological polar surface area (TPSA) is 61.2 Å². The predicted molar refractivity (Wildman–Crippen MR) is 83.0 cm³/mol. The molecule has 0 spiro atoms. The maximum Gasteiger partial charge on any atom is 0.152 e. The normalized spacial score (nSPS) is 18.3. The van der Waals surface area contributed by atoms with Gasteiger partial charge >= 0.3 is 0 Å². The summed E-state index contributed by atoms with van der Waals surface area (Å²) in [7, 11) is -2.93. The highest BCUT2D eigenvalue weighted by molar-refractivity contribution is 7.99. The van der Waals surface area contributed by atoms with Crippen molar-refractivity contribution < 1.29 is 8.42 Å². The zero-order valence-electron chi connectivity index (χ0n) is 11.5. The van der Waals surface area contributed by atoms with Crippen LogP contribution in [0.2, 0.25) is 0 Å². The van der Waals surface area contributed by atoms with Gasteiger partial charge in [-0.25, -0.2) is 8.42 Å². The highest BCUT2D eigenvalue weighted by Gasteiger charge is 2.21. The first-order valence-corrected chi connectivity index (χ1v) is 9.49. The van der Waals surface area contributed by atoms with E-state index in [9.17, 15) is 13.7 Å². The monoisotopic (exact) mass is 310 g/mol. The van der Waals surface area contributed by atoms with Crippen LogP contribution in [0.1, 0.15) is 18.9 Å². The van der Waals surface area contributed by atoms with Crippen LogP contribution in [0.4, 0.5) is 5.69 Å². The van der Waals surface area contributed by atoms with E-state index < -0.39 is 9.84 Å². The fourth-order valence-corrected chi connectivity index (χ4v) is 4.40. The Labute approximate surface area is 124 Å². The minimum atomic E-state index is -2.93. The first kappa shape index (κ1) is 15.2. The fraction of sp³-hybridized carbons (Fsp3) is 0.500. The van der Waals surface area contributed by atoms with Crippen molar-refractivity contribution in [3.05, 3.63) is 23.8 Å². The SMILES string of the molecule is CCSc1cccc(N2CCCS(=O)(=O)CC2)c1C#N. The summed E-state index contributed by atoms with van der Waals surface area (Å²) in [5.41, 5.74) is 1.53. The summed E-state index contributed by atoms with van der Waals surface area (Å²) in [6.07, 6.45) is 0.623. The lowest BCUT2D eigenvalue weighted by Gasteiger charge is -2.24. The zero-order chi connectivity index (χ0) is 14.6. The number of hydrogen-bond acceptors (Lipinski definition) is 5. The minimum Gasteiger partial charge on any atom is -0.369 e. The highest BCUT2D eigenvalue weighted by Crippen LogP contribution is 2.30. The number of anilines is 1. The largest absolute Gasteiger partial charge is 0.369 e. The Morgan fingerprint density at radius 3 is 2.85 bits per heavy atom. The summed E-state index contributed by atoms with van der Waals surface area (Å²) < 4.78 is 23.4. The third-order valence-corrected chi connectivity index (χ3v) is 5.97. The van der Waals surface area contributed by atoms with E-state index in [1.54, 1.807) is 11.8 Å². The van der Waals surface area contributed by atoms with Crippen LogP contribution in [-0.4, -0.2) is 38.8 Å². The molecule has 0 aromatic heterocycles. The van der Waals surface area contributed by atoms with Gasteiger partial charge in [-0.1, -0.05) is 13.0 Å². The van der Waals surface area contributed by atoms with E-state index >= 15 is 0 Å². The third-order valence-electron chi connectivity index (χ3n) is 3.31. The van der Waals surface area contributed by atoms with Crippen molar-refractivity contribution in [2.24, 2.45) is 0 Å². The van der Waals surface area contributed by atoms with E-state index in [1.165, 1.54) is 0 Å². The molecule has 0 amide bonds. The second kappa shape index (κ2) is 6.51. The van der Waals surface area contributed by atoms with Crippen LogP contribution in [0.5, 0.6) is 0 Å². The lowest BCUT2D eigenvalue weighted by molar-refractivity contribution is 0.597. The van der Waals surface area contributed by atoms with Crippen molar-refractivity contribution in [3.63, 3.8) is 0 Å². The van der Waals surface area contributed by atoms with E-state index in [2.05, 4.69) is 13.0 Å². The van der Waals surface area contributed by atoms with Crippen LogP contribution in [0.3, 0.4) is 0 Å². The highest BCUT2D eigenvalue weighted by atomic mass is 32.2. The van der Waals surface area contributed by atoms with Crippen LogP contribution in [0.25, 0.3) is 0 Å². The Hall–Kier alpha value is -1.19. The molecule has 0 bridgehead atoms. The van der Waals surface area contributed by atoms with Crippen molar-refractivity contribution in [2.75, 3.05) is 35.2 Å². The van der Waals surface area contributed by atoms with Gasteiger partial charge in [-0.05, 0) is 24.3 Å². The van der Waals surface area contributed by atoms with E-state index in [4.69, 9.17) is 0 Å². The minimum absolute atomic E-state index is 0.170. The fourth-order valence-electron chi connectivity index (χ4n) is 2.35. The molecule has 2 rings (SSSR count). The van der Waals surface area contributed by atoms with Crippen LogP contribution in [0, 0.1) is 11.3 Å². The first-order valence-electron chi connectivity index (χ1n) is 6.68. The van der Waals surface area contributed by atoms with Gasteiger partial charge in [0.25, 0.3) is 0 Å². The first-order chi connectivity index (χ1) is 9.57. The second-order valence-corrected chi connectivity index (χ2v) is 8.30. The molecule has 0 radical (unpaired) electrons. The Bertz CT molecular complexity index is 621. The smallest absolute Gasteiger partial charge is 0.152 e. The van der Waals surface area contributed by atoms with Gasteiger partial charge in [0.15, 0.2) is 9.84 Å². The van der Waals surface area contributed by atoms with Gasteiger partial charge < -0.3 is 4.90 Å². The lowest BCUT2D eigenvalue weighted by Crippen LogP contribution is -2.27. The quantitative estimate of drug-likeness (QED) is 0.802. The van der Waals surface area contributed by atoms with Crippen molar-refractivity contribution in [1.29, 1.82) is 5.26 Å². The average Bonchev–Trinajstić information content (AvgIpc) is 2.60. The molecule has 1 aliphatic rings. The van der Waals surface area contributed by atoms with Crippen molar-refractivity contribution in [1.82, 2.24) is 0 Å². The van der Waals surface area contributed by atoms with Gasteiger partial charge in [-0.15, -0.1) is 11.8 Å². The number of benzene rings is 1. The lowest BCUT2D eigenvalue weighted by atomic mass is 10.1. The number of thioether (sulfide) groups is 1. The van der Waals surface area contributed by atoms with Gasteiger partial charge in [0.1, 0.15) is 6.07 Å². The van der Waals surface area contributed by atoms with Crippen molar-refractivity contribution >= 4 is 27.3 Å². The number of hydrogen-bond donors (Lipinski definition) is 0. The summed E-state index contributed by atoms with van der Waals surface area (Å²) in [4.78, 5) is 3.00. The third kappa shape index (κ3) is 3.47. The maximum absolute atomic E-state index is 11.7. The van der Waals surface area contributed by atoms with Gasteiger partial charge in [-0.3, -0.25) is 0 Å². The van der Waals surface area contributed by atoms with Crippen LogP contribution < -0.4 is 4.90 Å². The molecule has 6 heteroatoms. The summed E-state index contributed by atoms with van der Waals surface area (Å²) in [6.45, 7) is 3.21. The van der Waals surface area contributed by atoms with E-state index in [0.717, 1.165) is 16.3 Å². The number of sulfone groups is 1. The van der Waals surface area contributed by atoms with Crippen LogP contribution >= 0.6 is 11.8 Å². The Morgan fingerprint density at radius 1 is 1.35 bits per heavy atom. The van der Waals surface area contributed by atoms with E-state index in [1.807, 2.05) is 23.1 Å². The molecule has 0 aliphatic carbocycles. The van der Waals surface area contributed by atoms with Gasteiger partial charge in [0, 0.05) is 18.0 Å². The molecule has 4 nitrogen and oxygen atoms in total. The molecular formula is C14H18N2O2S2. The Kier molecular flexibility index (Phi) is 4.95. The maximum atomic E-state index is 11.7. The molecule has 0 N–H and O–H groups in total. The molecule has 1 aromatic carbocycles. The molecule has 1 heterocycles. The summed E-state index contributed by atoms with van der Waals surface area (Å²) in [5, 5.41) is 9.42. The molecule has 0 unspecified atom stereocenters. The standard InChI is InChI=1S/C14H18N2O2S2/c1-2-19-14-6-3-5-13(12(14)11-15)16-7-4-9-20(17,18)10-8-16/h3,5-6H,2,4,7-10H2,1H3. The molecular weight excluding hydrogens is 292 g/mol. The van der Waals surface area contributed by atoms with Crippen LogP contribution in [-0.2, 0) is 9.84 Å². The van der Waals surface area contributed by atoms with E-state index in [-0.39, 0.29) is 11.5 Å². The molecule has 20 heavy (non-hydrogen) atoms. The van der Waals surface area contributed by atoms with Gasteiger partial charge in [0.05, 0.1) is 22.8 Å². The molecule has 1 aliphatic heterocycles. The Balaban J connectivity index is 2.33. The molecule has 1 aromatic rings. The number of nitrogens with zero attached hydrogens (tertiary/aromatic N) is 2. The zero-order valence-corrected chi connectivity index (χ0v) is 13.1. The van der Waals surface area contributed by atoms with Crippen molar-refractivity contribution in [2.45, 2.75) is 18.2 Å². The molecule has 0 atom stereocenters. The van der Waals surface area contributed by atoms with Crippen molar-refractivity contribution in [3.8, 4) is 6.07 Å². The number of rotatable bonds is 3. The average molecular weight is 310 g/mol. The van der Waals surface area contributed by atoms with Gasteiger partial charge in [0.2, 0.25) is 0 Å². The predicted octanol–water partition coefficient (Wildman–Crippen LogP) is 2.30. The second-order valence-electron chi connectivity index (χ2n) is 4.69. The summed E-state index contributed by atoms with van der Waals surface area (Å²) in [6, 6.07) is 8.08. The van der Waals surface area contributed by atoms with E-state index in [0.29, 0.717) is 25.1 Å². The summed E-state index contributed by atoms with van der Waals surface area (Å²) >= 11 is 1.64. The Morgan fingerprint density at radius 2 is 2.15 bits per heavy atom. The molecule has 0 saturated carbocycles. The molecule has 1 fully saturated rings. The number of nitriles is 1. The molecule has 1 saturated heterocycles.